The van der Waals surface area contributed by atoms with E-state index in [4.69, 9.17) is 10.5 Å². The Morgan fingerprint density at radius 1 is 1.33 bits per heavy atom. The van der Waals surface area contributed by atoms with Crippen molar-refractivity contribution in [1.82, 2.24) is 10.2 Å². The van der Waals surface area contributed by atoms with Crippen LogP contribution in [-0.2, 0) is 4.79 Å². The lowest BCUT2D eigenvalue weighted by Crippen LogP contribution is -2.12. The van der Waals surface area contributed by atoms with Gasteiger partial charge in [0.25, 0.3) is 0 Å². The summed E-state index contributed by atoms with van der Waals surface area (Å²) in [5, 5.41) is 8.05. The monoisotopic (exact) mass is 341 g/mol. The van der Waals surface area contributed by atoms with Gasteiger partial charge in [-0.25, -0.2) is 0 Å². The fourth-order valence-corrected chi connectivity index (χ4v) is 4.09. The number of aryl methyl sites for hydroxylation is 1. The van der Waals surface area contributed by atoms with Crippen LogP contribution in [0, 0.1) is 6.92 Å². The van der Waals surface area contributed by atoms with Crippen LogP contribution in [0.3, 0.4) is 0 Å². The number of benzene rings is 1. The molecule has 0 fully saturated rings. The Hall–Kier alpha value is -1.25. The summed E-state index contributed by atoms with van der Waals surface area (Å²) < 4.78 is 7.29. The van der Waals surface area contributed by atoms with Gasteiger partial charge >= 0.3 is 0 Å². The maximum atomic E-state index is 10.7. The third kappa shape index (κ3) is 5.94. The number of thioether (sulfide) groups is 2. The SMILES string of the molecule is Cc1cccc(OCCSc2nnc(SCC(N)=O)s2)c1. The highest BCUT2D eigenvalue weighted by molar-refractivity contribution is 8.03. The molecule has 0 atom stereocenters. The zero-order valence-corrected chi connectivity index (χ0v) is 13.9. The molecule has 21 heavy (non-hydrogen) atoms. The summed E-state index contributed by atoms with van der Waals surface area (Å²) in [5.41, 5.74) is 6.27. The average Bonchev–Trinajstić information content (AvgIpc) is 2.89. The second-order valence-electron chi connectivity index (χ2n) is 4.10. The van der Waals surface area contributed by atoms with Crippen molar-refractivity contribution in [3.05, 3.63) is 29.8 Å². The molecule has 0 aliphatic rings. The van der Waals surface area contributed by atoms with Crippen molar-refractivity contribution < 1.29 is 9.53 Å². The number of primary amides is 1. The van der Waals surface area contributed by atoms with Gasteiger partial charge in [-0.2, -0.15) is 0 Å². The summed E-state index contributed by atoms with van der Waals surface area (Å²) in [6.07, 6.45) is 0. The van der Waals surface area contributed by atoms with Gasteiger partial charge in [-0.15, -0.1) is 10.2 Å². The first-order valence-corrected chi connectivity index (χ1v) is 8.99. The van der Waals surface area contributed by atoms with E-state index >= 15 is 0 Å². The summed E-state index contributed by atoms with van der Waals surface area (Å²) in [7, 11) is 0. The molecule has 112 valence electrons. The van der Waals surface area contributed by atoms with Gasteiger partial charge in [-0.05, 0) is 24.6 Å². The minimum absolute atomic E-state index is 0.232. The number of carbonyl (C=O) groups excluding carboxylic acids is 1. The van der Waals surface area contributed by atoms with E-state index in [1.54, 1.807) is 11.8 Å². The van der Waals surface area contributed by atoms with Crippen molar-refractivity contribution in [1.29, 1.82) is 0 Å². The maximum absolute atomic E-state index is 10.7. The van der Waals surface area contributed by atoms with Crippen molar-refractivity contribution in [3.8, 4) is 5.75 Å². The fraction of sp³-hybridized carbons (Fsp3) is 0.308. The Bertz CT molecular complexity index is 604. The molecule has 1 amide bonds. The van der Waals surface area contributed by atoms with E-state index in [0.717, 1.165) is 20.2 Å². The van der Waals surface area contributed by atoms with Gasteiger partial charge < -0.3 is 10.5 Å². The molecule has 0 saturated heterocycles. The zero-order chi connectivity index (χ0) is 15.1. The molecule has 8 heteroatoms. The van der Waals surface area contributed by atoms with E-state index in [1.807, 2.05) is 31.2 Å². The molecule has 0 unspecified atom stereocenters. The Labute approximate surface area is 135 Å². The zero-order valence-electron chi connectivity index (χ0n) is 11.4. The summed E-state index contributed by atoms with van der Waals surface area (Å²) in [6, 6.07) is 7.97. The van der Waals surface area contributed by atoms with Gasteiger partial charge in [0.2, 0.25) is 5.91 Å². The first-order chi connectivity index (χ1) is 10.1. The number of rotatable bonds is 8. The molecule has 0 saturated carbocycles. The Morgan fingerprint density at radius 2 is 2.10 bits per heavy atom. The minimum Gasteiger partial charge on any atom is -0.493 e. The average molecular weight is 341 g/mol. The molecule has 2 N–H and O–H groups in total. The quantitative estimate of drug-likeness (QED) is 0.587. The van der Waals surface area contributed by atoms with Crippen LogP contribution in [0.2, 0.25) is 0 Å². The van der Waals surface area contributed by atoms with Gasteiger partial charge in [0, 0.05) is 5.75 Å². The van der Waals surface area contributed by atoms with Gasteiger partial charge in [-0.3, -0.25) is 4.79 Å². The predicted molar refractivity (Wildman–Crippen MR) is 87.2 cm³/mol. The summed E-state index contributed by atoms with van der Waals surface area (Å²) in [4.78, 5) is 10.7. The normalized spacial score (nSPS) is 10.5. The Morgan fingerprint density at radius 3 is 2.81 bits per heavy atom. The molecule has 1 aromatic carbocycles. The standard InChI is InChI=1S/C13H15N3O2S3/c1-9-3-2-4-10(7-9)18-5-6-19-12-15-16-13(21-12)20-8-11(14)17/h2-4,7H,5-6,8H2,1H3,(H2,14,17). The van der Waals surface area contributed by atoms with Crippen LogP contribution in [0.15, 0.2) is 32.9 Å². The number of amides is 1. The molecular weight excluding hydrogens is 326 g/mol. The number of hydrogen-bond donors (Lipinski definition) is 1. The summed E-state index contributed by atoms with van der Waals surface area (Å²) >= 11 is 4.37. The van der Waals surface area contributed by atoms with E-state index in [1.165, 1.54) is 28.7 Å². The number of aromatic nitrogens is 2. The second kappa shape index (κ2) is 8.26. The number of ether oxygens (including phenoxy) is 1. The van der Waals surface area contributed by atoms with E-state index < -0.39 is 0 Å². The molecule has 0 aliphatic heterocycles. The van der Waals surface area contributed by atoms with Gasteiger partial charge in [0.15, 0.2) is 8.68 Å². The Balaban J connectivity index is 1.70. The second-order valence-corrected chi connectivity index (χ2v) is 7.64. The van der Waals surface area contributed by atoms with Crippen LogP contribution in [0.1, 0.15) is 5.56 Å². The molecule has 0 radical (unpaired) electrons. The predicted octanol–water partition coefficient (Wildman–Crippen LogP) is 2.60. The molecule has 1 heterocycles. The minimum atomic E-state index is -0.351. The van der Waals surface area contributed by atoms with Crippen molar-refractivity contribution in [2.24, 2.45) is 5.73 Å². The van der Waals surface area contributed by atoms with Crippen LogP contribution in [0.25, 0.3) is 0 Å². The molecule has 1 aromatic heterocycles. The summed E-state index contributed by atoms with van der Waals surface area (Å²) in [6.45, 7) is 2.64. The Kier molecular flexibility index (Phi) is 6.34. The number of hydrogen-bond acceptors (Lipinski definition) is 7. The van der Waals surface area contributed by atoms with Crippen LogP contribution in [0.5, 0.6) is 5.75 Å². The van der Waals surface area contributed by atoms with Crippen molar-refractivity contribution >= 4 is 40.8 Å². The highest BCUT2D eigenvalue weighted by Crippen LogP contribution is 2.28. The highest BCUT2D eigenvalue weighted by atomic mass is 32.2. The summed E-state index contributed by atoms with van der Waals surface area (Å²) in [5.74, 6) is 1.56. The molecule has 0 bridgehead atoms. The lowest BCUT2D eigenvalue weighted by Gasteiger charge is -2.05. The van der Waals surface area contributed by atoms with E-state index in [2.05, 4.69) is 10.2 Å². The first-order valence-electron chi connectivity index (χ1n) is 6.20. The van der Waals surface area contributed by atoms with E-state index in [9.17, 15) is 4.79 Å². The third-order valence-corrected chi connectivity index (χ3v) is 5.47. The molecule has 0 spiro atoms. The fourth-order valence-electron chi connectivity index (χ4n) is 1.44. The smallest absolute Gasteiger partial charge is 0.227 e. The lowest BCUT2D eigenvalue weighted by atomic mass is 10.2. The number of nitrogens with two attached hydrogens (primary N) is 1. The highest BCUT2D eigenvalue weighted by Gasteiger charge is 2.07. The number of nitrogens with zero attached hydrogens (tertiary/aromatic N) is 2. The van der Waals surface area contributed by atoms with Crippen LogP contribution in [0.4, 0.5) is 0 Å². The van der Waals surface area contributed by atoms with E-state index in [0.29, 0.717) is 6.61 Å². The molecule has 0 aliphatic carbocycles. The van der Waals surface area contributed by atoms with E-state index in [-0.39, 0.29) is 11.7 Å². The largest absolute Gasteiger partial charge is 0.493 e. The van der Waals surface area contributed by atoms with Gasteiger partial charge in [-0.1, -0.05) is 47.0 Å². The molecule has 2 aromatic rings. The van der Waals surface area contributed by atoms with Crippen LogP contribution in [-0.4, -0.2) is 34.2 Å². The van der Waals surface area contributed by atoms with Crippen molar-refractivity contribution in [2.45, 2.75) is 15.6 Å². The van der Waals surface area contributed by atoms with Crippen molar-refractivity contribution in [2.75, 3.05) is 18.1 Å². The first kappa shape index (κ1) is 16.1. The maximum Gasteiger partial charge on any atom is 0.227 e. The molecular formula is C13H15N3O2S3. The topological polar surface area (TPSA) is 78.1 Å². The molecule has 2 rings (SSSR count). The van der Waals surface area contributed by atoms with Crippen molar-refractivity contribution in [3.63, 3.8) is 0 Å². The number of carbonyl (C=O) groups is 1. The van der Waals surface area contributed by atoms with Gasteiger partial charge in [0.1, 0.15) is 5.75 Å². The van der Waals surface area contributed by atoms with Gasteiger partial charge in [0.05, 0.1) is 12.4 Å². The van der Waals surface area contributed by atoms with Crippen LogP contribution < -0.4 is 10.5 Å². The lowest BCUT2D eigenvalue weighted by molar-refractivity contribution is -0.115. The third-order valence-electron chi connectivity index (χ3n) is 2.29. The van der Waals surface area contributed by atoms with Crippen LogP contribution >= 0.6 is 34.9 Å². The molecule has 5 nitrogen and oxygen atoms in total.